The Bertz CT molecular complexity index is 565. The van der Waals surface area contributed by atoms with Crippen LogP contribution in [-0.2, 0) is 25.4 Å². The SMILES string of the molecule is COCCNCc1c(C)nn(C)c1Sc1nnnn1C. The van der Waals surface area contributed by atoms with Crippen LogP contribution in [0.4, 0.5) is 0 Å². The minimum Gasteiger partial charge on any atom is -0.383 e. The van der Waals surface area contributed by atoms with Crippen LogP contribution in [0.5, 0.6) is 0 Å². The monoisotopic (exact) mass is 297 g/mol. The van der Waals surface area contributed by atoms with Gasteiger partial charge in [0, 0.05) is 39.9 Å². The van der Waals surface area contributed by atoms with Gasteiger partial charge in [0.15, 0.2) is 0 Å². The maximum absolute atomic E-state index is 5.03. The smallest absolute Gasteiger partial charge is 0.215 e. The van der Waals surface area contributed by atoms with E-state index >= 15 is 0 Å². The van der Waals surface area contributed by atoms with Gasteiger partial charge in [-0.2, -0.15) is 5.10 Å². The highest BCUT2D eigenvalue weighted by molar-refractivity contribution is 7.99. The molecule has 110 valence electrons. The summed E-state index contributed by atoms with van der Waals surface area (Å²) in [6, 6.07) is 0. The number of hydrogen-bond donors (Lipinski definition) is 1. The van der Waals surface area contributed by atoms with Crippen molar-refractivity contribution < 1.29 is 4.74 Å². The summed E-state index contributed by atoms with van der Waals surface area (Å²) in [6.07, 6.45) is 0. The molecule has 0 aliphatic carbocycles. The van der Waals surface area contributed by atoms with E-state index in [-0.39, 0.29) is 0 Å². The second-order valence-corrected chi connectivity index (χ2v) is 5.31. The highest BCUT2D eigenvalue weighted by Crippen LogP contribution is 2.29. The lowest BCUT2D eigenvalue weighted by Crippen LogP contribution is -2.19. The van der Waals surface area contributed by atoms with Crippen molar-refractivity contribution in [2.75, 3.05) is 20.3 Å². The summed E-state index contributed by atoms with van der Waals surface area (Å²) < 4.78 is 8.54. The predicted octanol–water partition coefficient (Wildman–Crippen LogP) is 0.139. The number of hydrogen-bond acceptors (Lipinski definition) is 7. The first-order chi connectivity index (χ1) is 9.63. The average Bonchev–Trinajstić information content (AvgIpc) is 2.92. The summed E-state index contributed by atoms with van der Waals surface area (Å²) >= 11 is 1.51. The number of nitrogens with zero attached hydrogens (tertiary/aromatic N) is 6. The topological polar surface area (TPSA) is 82.7 Å². The van der Waals surface area contributed by atoms with Gasteiger partial charge in [0.1, 0.15) is 5.03 Å². The van der Waals surface area contributed by atoms with E-state index in [1.165, 1.54) is 11.8 Å². The molecule has 0 bridgehead atoms. The number of aromatic nitrogens is 6. The number of nitrogens with one attached hydrogen (secondary N) is 1. The van der Waals surface area contributed by atoms with Gasteiger partial charge >= 0.3 is 0 Å². The fourth-order valence-corrected chi connectivity index (χ4v) is 2.73. The Hall–Kier alpha value is -1.45. The first kappa shape index (κ1) is 14.9. The van der Waals surface area contributed by atoms with Gasteiger partial charge in [0.25, 0.3) is 0 Å². The Labute approximate surface area is 121 Å². The van der Waals surface area contributed by atoms with Gasteiger partial charge in [0.05, 0.1) is 12.3 Å². The molecule has 0 aromatic carbocycles. The van der Waals surface area contributed by atoms with Crippen LogP contribution in [0.3, 0.4) is 0 Å². The minimum atomic E-state index is 0.689. The molecule has 2 rings (SSSR count). The van der Waals surface area contributed by atoms with Crippen molar-refractivity contribution in [3.05, 3.63) is 11.3 Å². The Morgan fingerprint density at radius 3 is 2.75 bits per heavy atom. The lowest BCUT2D eigenvalue weighted by molar-refractivity contribution is 0.199. The molecule has 9 heteroatoms. The first-order valence-electron chi connectivity index (χ1n) is 6.25. The molecule has 0 saturated heterocycles. The van der Waals surface area contributed by atoms with Crippen molar-refractivity contribution >= 4 is 11.8 Å². The minimum absolute atomic E-state index is 0.689. The standard InChI is InChI=1S/C11H19N7OS/c1-8-9(7-12-5-6-19-4)10(17(2)14-8)20-11-13-15-16-18(11)3/h12H,5-7H2,1-4H3. The Balaban J connectivity index is 2.13. The number of tetrazole rings is 1. The lowest BCUT2D eigenvalue weighted by Gasteiger charge is -2.07. The Morgan fingerprint density at radius 1 is 1.30 bits per heavy atom. The predicted molar refractivity (Wildman–Crippen MR) is 74.4 cm³/mol. The summed E-state index contributed by atoms with van der Waals surface area (Å²) in [5.74, 6) is 0. The summed E-state index contributed by atoms with van der Waals surface area (Å²) in [5.41, 5.74) is 2.17. The van der Waals surface area contributed by atoms with Gasteiger partial charge in [-0.25, -0.2) is 4.68 Å². The third-order valence-electron chi connectivity index (χ3n) is 2.84. The largest absolute Gasteiger partial charge is 0.383 e. The highest BCUT2D eigenvalue weighted by atomic mass is 32.2. The zero-order valence-electron chi connectivity index (χ0n) is 12.1. The molecule has 0 fully saturated rings. The van der Waals surface area contributed by atoms with Crippen LogP contribution < -0.4 is 5.32 Å². The molecule has 0 aliphatic heterocycles. The molecule has 2 aromatic heterocycles. The van der Waals surface area contributed by atoms with E-state index in [2.05, 4.69) is 25.9 Å². The van der Waals surface area contributed by atoms with E-state index in [9.17, 15) is 0 Å². The molecule has 2 aromatic rings. The maximum Gasteiger partial charge on any atom is 0.215 e. The molecule has 0 amide bonds. The quantitative estimate of drug-likeness (QED) is 0.728. The Morgan fingerprint density at radius 2 is 2.10 bits per heavy atom. The van der Waals surface area contributed by atoms with Crippen LogP contribution in [0.15, 0.2) is 10.2 Å². The molecule has 0 radical (unpaired) electrons. The first-order valence-corrected chi connectivity index (χ1v) is 7.07. The zero-order valence-corrected chi connectivity index (χ0v) is 12.9. The molecule has 0 saturated carbocycles. The average molecular weight is 297 g/mol. The van der Waals surface area contributed by atoms with Crippen LogP contribution >= 0.6 is 11.8 Å². The summed E-state index contributed by atoms with van der Waals surface area (Å²) in [4.78, 5) is 0. The second kappa shape index (κ2) is 6.82. The van der Waals surface area contributed by atoms with Crippen LogP contribution in [0.1, 0.15) is 11.3 Å². The van der Waals surface area contributed by atoms with Gasteiger partial charge in [-0.3, -0.25) is 4.68 Å². The summed E-state index contributed by atoms with van der Waals surface area (Å²) in [6.45, 7) is 4.25. The molecule has 8 nitrogen and oxygen atoms in total. The summed E-state index contributed by atoms with van der Waals surface area (Å²) in [5, 5.41) is 21.1. The van der Waals surface area contributed by atoms with Crippen molar-refractivity contribution in [3.8, 4) is 0 Å². The fraction of sp³-hybridized carbons (Fsp3) is 0.636. The van der Waals surface area contributed by atoms with E-state index in [0.29, 0.717) is 6.61 Å². The second-order valence-electron chi connectivity index (χ2n) is 4.35. The van der Waals surface area contributed by atoms with Gasteiger partial charge in [0.2, 0.25) is 5.16 Å². The number of aryl methyl sites for hydroxylation is 3. The molecular weight excluding hydrogens is 278 g/mol. The van der Waals surface area contributed by atoms with Gasteiger partial charge in [-0.1, -0.05) is 0 Å². The van der Waals surface area contributed by atoms with Crippen LogP contribution in [0.2, 0.25) is 0 Å². The number of rotatable bonds is 7. The van der Waals surface area contributed by atoms with Crippen LogP contribution in [0, 0.1) is 6.92 Å². The molecule has 0 unspecified atom stereocenters. The van der Waals surface area contributed by atoms with E-state index < -0.39 is 0 Å². The van der Waals surface area contributed by atoms with E-state index in [1.54, 1.807) is 11.8 Å². The normalized spacial score (nSPS) is 11.2. The molecule has 20 heavy (non-hydrogen) atoms. The molecule has 0 aliphatic rings. The molecule has 0 spiro atoms. The number of methoxy groups -OCH3 is 1. The van der Waals surface area contributed by atoms with Crippen molar-refractivity contribution in [3.63, 3.8) is 0 Å². The zero-order chi connectivity index (χ0) is 14.5. The van der Waals surface area contributed by atoms with Crippen LogP contribution in [-0.4, -0.2) is 50.2 Å². The van der Waals surface area contributed by atoms with Gasteiger partial charge < -0.3 is 10.1 Å². The molecular formula is C11H19N7OS. The van der Waals surface area contributed by atoms with E-state index in [0.717, 1.165) is 34.5 Å². The highest BCUT2D eigenvalue weighted by Gasteiger charge is 2.16. The summed E-state index contributed by atoms with van der Waals surface area (Å²) in [7, 11) is 5.44. The lowest BCUT2D eigenvalue weighted by atomic mass is 10.2. The molecule has 2 heterocycles. The Kier molecular flexibility index (Phi) is 5.10. The molecule has 1 N–H and O–H groups in total. The van der Waals surface area contributed by atoms with Crippen molar-refractivity contribution in [2.45, 2.75) is 23.7 Å². The van der Waals surface area contributed by atoms with E-state index in [1.807, 2.05) is 25.7 Å². The van der Waals surface area contributed by atoms with Crippen molar-refractivity contribution in [2.24, 2.45) is 14.1 Å². The third kappa shape index (κ3) is 3.35. The van der Waals surface area contributed by atoms with Gasteiger partial charge in [-0.15, -0.1) is 5.10 Å². The van der Waals surface area contributed by atoms with E-state index in [4.69, 9.17) is 4.74 Å². The van der Waals surface area contributed by atoms with Crippen molar-refractivity contribution in [1.82, 2.24) is 35.3 Å². The van der Waals surface area contributed by atoms with Crippen molar-refractivity contribution in [1.29, 1.82) is 0 Å². The van der Waals surface area contributed by atoms with Crippen LogP contribution in [0.25, 0.3) is 0 Å². The maximum atomic E-state index is 5.03. The third-order valence-corrected chi connectivity index (χ3v) is 4.08. The van der Waals surface area contributed by atoms with Gasteiger partial charge in [-0.05, 0) is 29.1 Å². The fourth-order valence-electron chi connectivity index (χ4n) is 1.79. The number of ether oxygens (including phenoxy) is 1. The molecule has 0 atom stereocenters.